The molecule has 0 radical (unpaired) electrons. The van der Waals surface area contributed by atoms with Crippen LogP contribution in [0.25, 0.3) is 10.9 Å². The second kappa shape index (κ2) is 4.33. The summed E-state index contributed by atoms with van der Waals surface area (Å²) in [6.45, 7) is 1.48. The Balaban J connectivity index is 2.78. The number of nitrogens with one attached hydrogen (secondary N) is 2. The van der Waals surface area contributed by atoms with E-state index in [0.717, 1.165) is 9.99 Å². The first-order valence-electron chi connectivity index (χ1n) is 4.99. The van der Waals surface area contributed by atoms with Crippen LogP contribution in [0.4, 0.5) is 0 Å². The zero-order chi connectivity index (χ0) is 12.6. The first-order chi connectivity index (χ1) is 8.06. The minimum atomic E-state index is -0.298. The van der Waals surface area contributed by atoms with Gasteiger partial charge in [-0.2, -0.15) is 0 Å². The van der Waals surface area contributed by atoms with Crippen LogP contribution in [0.5, 0.6) is 5.75 Å². The molecule has 0 unspecified atom stereocenters. The number of rotatable bonds is 3. The lowest BCUT2D eigenvalue weighted by molar-refractivity contribution is 0.106. The maximum atomic E-state index is 11.9. The molecule has 0 saturated carbocycles. The van der Waals surface area contributed by atoms with E-state index in [0.29, 0.717) is 16.7 Å². The molecule has 0 aliphatic carbocycles. The molecule has 1 heterocycles. The molecule has 0 aliphatic heterocycles. The van der Waals surface area contributed by atoms with Gasteiger partial charge in [0.2, 0.25) is 5.78 Å². The van der Waals surface area contributed by atoms with Gasteiger partial charge in [0.1, 0.15) is 5.75 Å². The highest BCUT2D eigenvalue weighted by Crippen LogP contribution is 2.33. The third kappa shape index (κ3) is 1.86. The van der Waals surface area contributed by atoms with Crippen molar-refractivity contribution in [2.45, 2.75) is 6.92 Å². The highest BCUT2D eigenvalue weighted by Gasteiger charge is 2.18. The van der Waals surface area contributed by atoms with E-state index in [9.17, 15) is 4.79 Å². The van der Waals surface area contributed by atoms with Crippen molar-refractivity contribution in [1.29, 1.82) is 5.41 Å². The number of ketones is 1. The van der Waals surface area contributed by atoms with E-state index in [2.05, 4.69) is 20.9 Å². The molecule has 0 aliphatic rings. The molecule has 1 aromatic carbocycles. The van der Waals surface area contributed by atoms with E-state index in [1.165, 1.54) is 6.92 Å². The van der Waals surface area contributed by atoms with Gasteiger partial charge in [0.05, 0.1) is 29.3 Å². The van der Waals surface area contributed by atoms with Gasteiger partial charge in [-0.15, -0.1) is 0 Å². The molecule has 0 saturated heterocycles. The number of methoxy groups -OCH3 is 1. The lowest BCUT2D eigenvalue weighted by atomic mass is 10.1. The van der Waals surface area contributed by atoms with Crippen molar-refractivity contribution in [3.63, 3.8) is 0 Å². The van der Waals surface area contributed by atoms with Crippen molar-refractivity contribution < 1.29 is 9.53 Å². The first kappa shape index (κ1) is 11.9. The SMILES string of the molecule is COc1ccc(Br)c2[nH]cc(C(=O)C(C)=N)c12. The molecule has 2 N–H and O–H groups in total. The van der Waals surface area contributed by atoms with Crippen LogP contribution in [0.3, 0.4) is 0 Å². The zero-order valence-electron chi connectivity index (χ0n) is 9.43. The Hall–Kier alpha value is -1.62. The van der Waals surface area contributed by atoms with Crippen LogP contribution in [0.1, 0.15) is 17.3 Å². The Bertz CT molecular complexity index is 616. The van der Waals surface area contributed by atoms with Gasteiger partial charge >= 0.3 is 0 Å². The van der Waals surface area contributed by atoms with Gasteiger partial charge in [-0.05, 0) is 35.0 Å². The van der Waals surface area contributed by atoms with Crippen LogP contribution in [0.2, 0.25) is 0 Å². The van der Waals surface area contributed by atoms with E-state index in [-0.39, 0.29) is 11.5 Å². The molecule has 1 aromatic heterocycles. The molecule has 0 fully saturated rings. The van der Waals surface area contributed by atoms with E-state index >= 15 is 0 Å². The summed E-state index contributed by atoms with van der Waals surface area (Å²) < 4.78 is 6.10. The quantitative estimate of drug-likeness (QED) is 0.674. The summed E-state index contributed by atoms with van der Waals surface area (Å²) in [5, 5.41) is 8.12. The topological polar surface area (TPSA) is 65.9 Å². The van der Waals surface area contributed by atoms with Crippen LogP contribution in [0, 0.1) is 5.41 Å². The molecule has 0 spiro atoms. The number of aromatic amines is 1. The summed E-state index contributed by atoms with van der Waals surface area (Å²) in [5.41, 5.74) is 1.27. The number of aromatic nitrogens is 1. The second-order valence-electron chi connectivity index (χ2n) is 3.66. The van der Waals surface area contributed by atoms with Gasteiger partial charge in [0, 0.05) is 10.7 Å². The molecule has 0 atom stereocenters. The van der Waals surface area contributed by atoms with E-state index in [1.807, 2.05) is 6.07 Å². The molecular weight excluding hydrogens is 284 g/mol. The molecule has 0 amide bonds. The number of carbonyl (C=O) groups is 1. The zero-order valence-corrected chi connectivity index (χ0v) is 11.0. The lowest BCUT2D eigenvalue weighted by Gasteiger charge is -2.05. The average Bonchev–Trinajstić information content (AvgIpc) is 2.74. The normalized spacial score (nSPS) is 10.5. The number of ether oxygens (including phenoxy) is 1. The van der Waals surface area contributed by atoms with Crippen molar-refractivity contribution in [2.75, 3.05) is 7.11 Å². The largest absolute Gasteiger partial charge is 0.496 e. The Morgan fingerprint density at radius 3 is 2.76 bits per heavy atom. The van der Waals surface area contributed by atoms with Crippen LogP contribution < -0.4 is 4.74 Å². The number of H-pyrrole nitrogens is 1. The summed E-state index contributed by atoms with van der Waals surface area (Å²) >= 11 is 3.41. The molecule has 0 bridgehead atoms. The van der Waals surface area contributed by atoms with Crippen molar-refractivity contribution in [1.82, 2.24) is 4.98 Å². The number of hydrogen-bond donors (Lipinski definition) is 2. The minimum absolute atomic E-state index is 0.00734. The van der Waals surface area contributed by atoms with Crippen LogP contribution in [-0.4, -0.2) is 23.6 Å². The van der Waals surface area contributed by atoms with Gasteiger partial charge in [0.15, 0.2) is 0 Å². The van der Waals surface area contributed by atoms with Gasteiger partial charge in [0.25, 0.3) is 0 Å². The predicted octanol–water partition coefficient (Wildman–Crippen LogP) is 3.16. The van der Waals surface area contributed by atoms with Crippen LogP contribution in [0.15, 0.2) is 22.8 Å². The summed E-state index contributed by atoms with van der Waals surface area (Å²) in [5.74, 6) is 0.321. The van der Waals surface area contributed by atoms with Crippen molar-refractivity contribution in [3.05, 3.63) is 28.4 Å². The molecule has 2 rings (SSSR count). The monoisotopic (exact) mass is 294 g/mol. The standard InChI is InChI=1S/C12H11BrN2O2/c1-6(14)12(16)7-5-15-11-8(13)3-4-9(17-2)10(7)11/h3-5,14-15H,1-2H3. The first-order valence-corrected chi connectivity index (χ1v) is 5.79. The van der Waals surface area contributed by atoms with Gasteiger partial charge < -0.3 is 15.1 Å². The number of Topliss-reactive ketones (excluding diaryl/α,β-unsaturated/α-hetero) is 1. The lowest BCUT2D eigenvalue weighted by Crippen LogP contribution is -2.08. The summed E-state index contributed by atoms with van der Waals surface area (Å²) in [6.07, 6.45) is 1.61. The van der Waals surface area contributed by atoms with Crippen molar-refractivity contribution in [3.8, 4) is 5.75 Å². The summed E-state index contributed by atoms with van der Waals surface area (Å²) in [7, 11) is 1.56. The van der Waals surface area contributed by atoms with Crippen LogP contribution >= 0.6 is 15.9 Å². The van der Waals surface area contributed by atoms with Gasteiger partial charge in [-0.3, -0.25) is 4.79 Å². The number of fused-ring (bicyclic) bond motifs is 1. The molecule has 2 aromatic rings. The summed E-state index contributed by atoms with van der Waals surface area (Å²) in [4.78, 5) is 14.9. The fourth-order valence-electron chi connectivity index (χ4n) is 1.73. The highest BCUT2D eigenvalue weighted by molar-refractivity contribution is 9.10. The smallest absolute Gasteiger partial charge is 0.208 e. The Morgan fingerprint density at radius 1 is 1.47 bits per heavy atom. The number of hydrogen-bond acceptors (Lipinski definition) is 3. The van der Waals surface area contributed by atoms with E-state index in [4.69, 9.17) is 10.1 Å². The number of carbonyl (C=O) groups excluding carboxylic acids is 1. The van der Waals surface area contributed by atoms with Crippen molar-refractivity contribution in [2.24, 2.45) is 0 Å². The maximum Gasteiger partial charge on any atom is 0.208 e. The molecule has 4 nitrogen and oxygen atoms in total. The third-order valence-corrected chi connectivity index (χ3v) is 3.21. The van der Waals surface area contributed by atoms with Gasteiger partial charge in [-0.25, -0.2) is 0 Å². The fraction of sp³-hybridized carbons (Fsp3) is 0.167. The van der Waals surface area contributed by atoms with Crippen LogP contribution in [-0.2, 0) is 0 Å². The van der Waals surface area contributed by atoms with E-state index < -0.39 is 0 Å². The Labute approximate surface area is 107 Å². The summed E-state index contributed by atoms with van der Waals surface area (Å²) in [6, 6.07) is 3.64. The molecular formula is C12H11BrN2O2. The number of benzene rings is 1. The Morgan fingerprint density at radius 2 is 2.18 bits per heavy atom. The Kier molecular flexibility index (Phi) is 3.02. The minimum Gasteiger partial charge on any atom is -0.496 e. The average molecular weight is 295 g/mol. The molecule has 5 heteroatoms. The van der Waals surface area contributed by atoms with Gasteiger partial charge in [-0.1, -0.05) is 0 Å². The molecule has 17 heavy (non-hydrogen) atoms. The predicted molar refractivity (Wildman–Crippen MR) is 70.3 cm³/mol. The second-order valence-corrected chi connectivity index (χ2v) is 4.51. The number of halogens is 1. The van der Waals surface area contributed by atoms with Crippen molar-refractivity contribution >= 4 is 38.3 Å². The maximum absolute atomic E-state index is 11.9. The fourth-order valence-corrected chi connectivity index (χ4v) is 2.18. The third-order valence-electron chi connectivity index (χ3n) is 2.55. The van der Waals surface area contributed by atoms with E-state index in [1.54, 1.807) is 19.4 Å². The molecule has 88 valence electrons. The highest BCUT2D eigenvalue weighted by atomic mass is 79.9.